The summed E-state index contributed by atoms with van der Waals surface area (Å²) in [4.78, 5) is 23.3. The maximum absolute atomic E-state index is 11.6. The van der Waals surface area contributed by atoms with E-state index < -0.39 is 12.2 Å². The van der Waals surface area contributed by atoms with Crippen LogP contribution in [0.3, 0.4) is 0 Å². The highest BCUT2D eigenvalue weighted by molar-refractivity contribution is 5.71. The summed E-state index contributed by atoms with van der Waals surface area (Å²) in [6.45, 7) is 3.35. The van der Waals surface area contributed by atoms with Crippen LogP contribution in [0.4, 0.5) is 0 Å². The molecule has 0 radical (unpaired) electrons. The Morgan fingerprint density at radius 2 is 1.15 bits per heavy atom. The van der Waals surface area contributed by atoms with Crippen molar-refractivity contribution in [3.63, 3.8) is 0 Å². The van der Waals surface area contributed by atoms with Gasteiger partial charge in [0.25, 0.3) is 0 Å². The minimum absolute atomic E-state index is 0.209. The molecule has 26 heavy (non-hydrogen) atoms. The molecule has 0 aromatic heterocycles. The number of nitriles is 2. The summed E-state index contributed by atoms with van der Waals surface area (Å²) >= 11 is 0. The summed E-state index contributed by atoms with van der Waals surface area (Å²) in [5.74, 6) is 10.3. The quantitative estimate of drug-likeness (QED) is 0.358. The van der Waals surface area contributed by atoms with E-state index in [0.717, 1.165) is 0 Å². The van der Waals surface area contributed by atoms with Gasteiger partial charge in [0.1, 0.15) is 0 Å². The maximum atomic E-state index is 11.6. The van der Waals surface area contributed by atoms with Gasteiger partial charge in [-0.1, -0.05) is 23.7 Å². The van der Waals surface area contributed by atoms with Crippen molar-refractivity contribution in [1.82, 2.24) is 0 Å². The summed E-state index contributed by atoms with van der Waals surface area (Å²) in [5, 5.41) is 16.8. The van der Waals surface area contributed by atoms with Gasteiger partial charge in [-0.2, -0.15) is 10.5 Å². The average molecular weight is 356 g/mol. The topological polar surface area (TPSA) is 100 Å². The fraction of sp³-hybridized carbons (Fsp3) is 0.600. The molecular weight excluding hydrogens is 332 g/mol. The summed E-state index contributed by atoms with van der Waals surface area (Å²) in [6.07, 6.45) is 2.07. The first-order chi connectivity index (χ1) is 12.5. The van der Waals surface area contributed by atoms with E-state index in [1.807, 2.05) is 12.1 Å². The Hall–Kier alpha value is -2.96. The number of esters is 2. The van der Waals surface area contributed by atoms with Crippen LogP contribution in [-0.4, -0.2) is 24.1 Å². The number of carbonyl (C=O) groups is 2. The van der Waals surface area contributed by atoms with Gasteiger partial charge in [0, 0.05) is 38.5 Å². The van der Waals surface area contributed by atoms with Crippen molar-refractivity contribution in [1.29, 1.82) is 10.5 Å². The van der Waals surface area contributed by atoms with Crippen molar-refractivity contribution in [3.8, 4) is 35.8 Å². The largest absolute Gasteiger partial charge is 0.449 e. The van der Waals surface area contributed by atoms with Gasteiger partial charge in [-0.25, -0.2) is 0 Å². The van der Waals surface area contributed by atoms with Crippen LogP contribution >= 0.6 is 0 Å². The molecular formula is C20H24N2O4. The zero-order valence-corrected chi connectivity index (χ0v) is 15.3. The molecule has 0 rings (SSSR count). The van der Waals surface area contributed by atoms with Gasteiger partial charge >= 0.3 is 11.9 Å². The molecule has 0 fully saturated rings. The highest BCUT2D eigenvalue weighted by Gasteiger charge is 2.10. The van der Waals surface area contributed by atoms with Gasteiger partial charge in [0.05, 0.1) is 12.1 Å². The molecule has 0 aromatic carbocycles. The third-order valence-electron chi connectivity index (χ3n) is 2.96. The summed E-state index contributed by atoms with van der Waals surface area (Å²) < 4.78 is 10.2. The Morgan fingerprint density at radius 3 is 1.50 bits per heavy atom. The Kier molecular flexibility index (Phi) is 13.8. The van der Waals surface area contributed by atoms with Gasteiger partial charge in [0.2, 0.25) is 0 Å². The lowest BCUT2D eigenvalue weighted by Crippen LogP contribution is -2.14. The molecule has 0 aliphatic heterocycles. The number of rotatable bonds is 9. The zero-order valence-electron chi connectivity index (χ0n) is 15.3. The third kappa shape index (κ3) is 14.6. The number of ether oxygens (including phenoxy) is 2. The first kappa shape index (κ1) is 23.0. The standard InChI is InChI=1S/C20H24N2O4/c1-17(11-5-3-9-15-21)25-19(23)13-7-8-14-20(24)26-18(2)12-6-4-10-16-22/h17-18H,3-4,7-10,13-14H2,1-2H3. The van der Waals surface area contributed by atoms with Gasteiger partial charge in [0.15, 0.2) is 12.2 Å². The molecule has 0 heterocycles. The summed E-state index contributed by atoms with van der Waals surface area (Å²) in [7, 11) is 0. The van der Waals surface area contributed by atoms with Crippen molar-refractivity contribution >= 4 is 11.9 Å². The molecule has 0 aliphatic rings. The van der Waals surface area contributed by atoms with Gasteiger partial charge < -0.3 is 9.47 Å². The normalized spacial score (nSPS) is 11.2. The number of hydrogen-bond donors (Lipinski definition) is 0. The Balaban J connectivity index is 3.86. The second-order valence-electron chi connectivity index (χ2n) is 5.43. The van der Waals surface area contributed by atoms with E-state index in [-0.39, 0.29) is 24.8 Å². The SMILES string of the molecule is CC(C#CCCC#N)OC(=O)CCCCC(=O)OC(C)C#CCCC#N. The lowest BCUT2D eigenvalue weighted by molar-refractivity contribution is -0.148. The monoisotopic (exact) mass is 356 g/mol. The third-order valence-corrected chi connectivity index (χ3v) is 2.96. The molecule has 0 saturated carbocycles. The fourth-order valence-corrected chi connectivity index (χ4v) is 1.78. The molecule has 0 saturated heterocycles. The Labute approximate surface area is 155 Å². The molecule has 0 aromatic rings. The van der Waals surface area contributed by atoms with E-state index in [1.165, 1.54) is 0 Å². The molecule has 138 valence electrons. The molecule has 0 amide bonds. The van der Waals surface area contributed by atoms with Crippen LogP contribution in [0.5, 0.6) is 0 Å². The van der Waals surface area contributed by atoms with E-state index in [2.05, 4.69) is 23.7 Å². The molecule has 0 spiro atoms. The van der Waals surface area contributed by atoms with Gasteiger partial charge in [-0.15, -0.1) is 0 Å². The number of unbranched alkanes of at least 4 members (excludes halogenated alkanes) is 3. The number of hydrogen-bond acceptors (Lipinski definition) is 6. The Bertz CT molecular complexity index is 592. The fourth-order valence-electron chi connectivity index (χ4n) is 1.78. The molecule has 0 N–H and O–H groups in total. The molecule has 2 atom stereocenters. The van der Waals surface area contributed by atoms with E-state index in [4.69, 9.17) is 20.0 Å². The van der Waals surface area contributed by atoms with E-state index in [1.54, 1.807) is 13.8 Å². The Morgan fingerprint density at radius 1 is 0.769 bits per heavy atom. The van der Waals surface area contributed by atoms with Crippen molar-refractivity contribution in [2.45, 2.75) is 77.4 Å². The van der Waals surface area contributed by atoms with Crippen molar-refractivity contribution in [3.05, 3.63) is 0 Å². The molecule has 0 bridgehead atoms. The smallest absolute Gasteiger partial charge is 0.307 e. The lowest BCUT2D eigenvalue weighted by atomic mass is 10.2. The molecule has 0 aliphatic carbocycles. The molecule has 2 unspecified atom stereocenters. The highest BCUT2D eigenvalue weighted by atomic mass is 16.5. The average Bonchev–Trinajstić information content (AvgIpc) is 2.59. The summed E-state index contributed by atoms with van der Waals surface area (Å²) in [6, 6.07) is 3.97. The van der Waals surface area contributed by atoms with Crippen molar-refractivity contribution in [2.24, 2.45) is 0 Å². The minimum atomic E-state index is -0.508. The zero-order chi connectivity index (χ0) is 19.6. The second-order valence-corrected chi connectivity index (χ2v) is 5.43. The van der Waals surface area contributed by atoms with Crippen LogP contribution in [0.1, 0.15) is 65.2 Å². The van der Waals surface area contributed by atoms with Crippen LogP contribution in [0.25, 0.3) is 0 Å². The molecule has 6 nitrogen and oxygen atoms in total. The predicted molar refractivity (Wildman–Crippen MR) is 94.8 cm³/mol. The van der Waals surface area contributed by atoms with Crippen LogP contribution < -0.4 is 0 Å². The number of nitrogens with zero attached hydrogens (tertiary/aromatic N) is 2. The van der Waals surface area contributed by atoms with E-state index in [0.29, 0.717) is 38.5 Å². The number of carbonyl (C=O) groups excluding carboxylic acids is 2. The van der Waals surface area contributed by atoms with Crippen molar-refractivity contribution < 1.29 is 19.1 Å². The van der Waals surface area contributed by atoms with Gasteiger partial charge in [-0.05, 0) is 26.7 Å². The van der Waals surface area contributed by atoms with Crippen LogP contribution in [0.15, 0.2) is 0 Å². The van der Waals surface area contributed by atoms with Gasteiger partial charge in [-0.3, -0.25) is 9.59 Å². The first-order valence-electron chi connectivity index (χ1n) is 8.59. The van der Waals surface area contributed by atoms with E-state index >= 15 is 0 Å². The lowest BCUT2D eigenvalue weighted by Gasteiger charge is -2.08. The van der Waals surface area contributed by atoms with Crippen molar-refractivity contribution in [2.75, 3.05) is 0 Å². The van der Waals surface area contributed by atoms with Crippen LogP contribution in [-0.2, 0) is 19.1 Å². The van der Waals surface area contributed by atoms with E-state index in [9.17, 15) is 9.59 Å². The van der Waals surface area contributed by atoms with Crippen LogP contribution in [0.2, 0.25) is 0 Å². The predicted octanol–water partition coefficient (Wildman–Crippen LogP) is 3.02. The highest BCUT2D eigenvalue weighted by Crippen LogP contribution is 2.05. The summed E-state index contributed by atoms with van der Waals surface area (Å²) in [5.41, 5.74) is 0. The minimum Gasteiger partial charge on any atom is -0.449 e. The maximum Gasteiger partial charge on any atom is 0.307 e. The van der Waals surface area contributed by atoms with Crippen LogP contribution in [0, 0.1) is 46.3 Å². The second kappa shape index (κ2) is 15.6. The first-order valence-corrected chi connectivity index (χ1v) is 8.59. The molecule has 6 heteroatoms.